The number of anilines is 1. The van der Waals surface area contributed by atoms with Crippen molar-refractivity contribution in [2.45, 2.75) is 19.1 Å². The first-order valence-corrected chi connectivity index (χ1v) is 5.69. The molecule has 1 unspecified atom stereocenters. The van der Waals surface area contributed by atoms with Gasteiger partial charge in [0, 0.05) is 6.54 Å². The Bertz CT molecular complexity index is 553. The first kappa shape index (κ1) is 11.1. The second-order valence-electron chi connectivity index (χ2n) is 4.09. The smallest absolute Gasteiger partial charge is 0.222 e. The number of aliphatic hydroxyl groups excluding tert-OH is 1. The van der Waals surface area contributed by atoms with Crippen LogP contribution in [0.3, 0.4) is 0 Å². The Morgan fingerprint density at radius 2 is 2.39 bits per heavy atom. The van der Waals surface area contributed by atoms with Gasteiger partial charge in [0.15, 0.2) is 5.82 Å². The number of hydrogen-bond acceptors (Lipinski definition) is 5. The Hall–Kier alpha value is -2.02. The summed E-state index contributed by atoms with van der Waals surface area (Å²) in [6.07, 6.45) is 1.99. The van der Waals surface area contributed by atoms with Crippen molar-refractivity contribution in [3.05, 3.63) is 35.7 Å². The molecule has 0 saturated carbocycles. The van der Waals surface area contributed by atoms with Gasteiger partial charge in [0.1, 0.15) is 12.4 Å². The molecular weight excluding hydrogens is 237 g/mol. The molecule has 3 heterocycles. The normalized spacial score (nSPS) is 18.2. The molecule has 1 aliphatic rings. The zero-order valence-corrected chi connectivity index (χ0v) is 9.54. The number of aliphatic hydroxyl groups is 1. The Labute approximate surface area is 102 Å². The maximum atomic E-state index is 12.9. The third kappa shape index (κ3) is 1.82. The van der Waals surface area contributed by atoms with Gasteiger partial charge in [0.2, 0.25) is 5.95 Å². The molecule has 18 heavy (non-hydrogen) atoms. The van der Waals surface area contributed by atoms with Crippen molar-refractivity contribution < 1.29 is 9.50 Å². The Kier molecular flexibility index (Phi) is 2.67. The topological polar surface area (TPSA) is 75.9 Å². The highest BCUT2D eigenvalue weighted by Gasteiger charge is 2.25. The molecule has 0 amide bonds. The molecule has 0 fully saturated rings. The number of aromatic nitrogens is 4. The summed E-state index contributed by atoms with van der Waals surface area (Å²) in [6.45, 7) is 0.540. The van der Waals surface area contributed by atoms with Crippen LogP contribution in [-0.2, 0) is 6.61 Å². The zero-order chi connectivity index (χ0) is 12.5. The van der Waals surface area contributed by atoms with Gasteiger partial charge in [-0.15, -0.1) is 0 Å². The van der Waals surface area contributed by atoms with Crippen molar-refractivity contribution in [1.82, 2.24) is 19.7 Å². The molecule has 0 aromatic carbocycles. The van der Waals surface area contributed by atoms with Crippen LogP contribution in [0.25, 0.3) is 0 Å². The summed E-state index contributed by atoms with van der Waals surface area (Å²) in [4.78, 5) is 8.23. The number of pyridine rings is 1. The van der Waals surface area contributed by atoms with Crippen LogP contribution < -0.4 is 5.32 Å². The van der Waals surface area contributed by atoms with Crippen LogP contribution in [0.5, 0.6) is 0 Å². The van der Waals surface area contributed by atoms with Crippen LogP contribution in [0.1, 0.15) is 24.0 Å². The quantitative estimate of drug-likeness (QED) is 0.819. The van der Waals surface area contributed by atoms with Crippen molar-refractivity contribution in [2.75, 3.05) is 11.9 Å². The van der Waals surface area contributed by atoms with Crippen molar-refractivity contribution in [1.29, 1.82) is 0 Å². The lowest BCUT2D eigenvalue weighted by Crippen LogP contribution is -2.25. The minimum absolute atomic E-state index is 0.0744. The second kappa shape index (κ2) is 4.34. The predicted molar refractivity (Wildman–Crippen MR) is 61.4 cm³/mol. The number of rotatable bonds is 2. The van der Waals surface area contributed by atoms with Gasteiger partial charge in [0.25, 0.3) is 0 Å². The van der Waals surface area contributed by atoms with E-state index in [4.69, 9.17) is 5.11 Å². The van der Waals surface area contributed by atoms with Gasteiger partial charge in [-0.05, 0) is 18.6 Å². The molecule has 94 valence electrons. The van der Waals surface area contributed by atoms with Gasteiger partial charge in [0.05, 0.1) is 17.9 Å². The molecule has 2 aromatic heterocycles. The van der Waals surface area contributed by atoms with Crippen molar-refractivity contribution in [3.8, 4) is 0 Å². The maximum absolute atomic E-state index is 12.9. The molecule has 1 atom stereocenters. The van der Waals surface area contributed by atoms with E-state index in [0.717, 1.165) is 18.7 Å². The number of nitrogens with zero attached hydrogens (tertiary/aromatic N) is 4. The molecule has 1 aliphatic heterocycles. The van der Waals surface area contributed by atoms with Crippen LogP contribution in [0, 0.1) is 5.82 Å². The fraction of sp³-hybridized carbons (Fsp3) is 0.364. The van der Waals surface area contributed by atoms with Crippen LogP contribution in [0.2, 0.25) is 0 Å². The van der Waals surface area contributed by atoms with E-state index in [1.54, 1.807) is 10.7 Å². The predicted octanol–water partition coefficient (Wildman–Crippen LogP) is 0.710. The lowest BCUT2D eigenvalue weighted by Gasteiger charge is -2.23. The third-order valence-electron chi connectivity index (χ3n) is 2.90. The molecule has 0 radical (unpaired) electrons. The summed E-state index contributed by atoms with van der Waals surface area (Å²) in [7, 11) is 0. The monoisotopic (exact) mass is 249 g/mol. The van der Waals surface area contributed by atoms with E-state index in [1.165, 1.54) is 12.3 Å². The lowest BCUT2D eigenvalue weighted by atomic mass is 10.1. The Balaban J connectivity index is 2.00. The molecule has 2 N–H and O–H groups in total. The highest BCUT2D eigenvalue weighted by Crippen LogP contribution is 2.26. The average Bonchev–Trinajstić information content (AvgIpc) is 2.82. The van der Waals surface area contributed by atoms with Gasteiger partial charge in [-0.25, -0.2) is 9.07 Å². The first-order valence-electron chi connectivity index (χ1n) is 5.69. The standard InChI is InChI=1S/C11H12FN5O/c12-7-1-2-8(14-5-7)9-3-4-13-11-15-10(6-18)16-17(9)11/h1-2,5,9,18H,3-4,6H2,(H,13,15,16). The second-order valence-corrected chi connectivity index (χ2v) is 4.09. The molecule has 3 rings (SSSR count). The van der Waals surface area contributed by atoms with Crippen LogP contribution >= 0.6 is 0 Å². The Morgan fingerprint density at radius 1 is 1.50 bits per heavy atom. The number of fused-ring (bicyclic) bond motifs is 1. The van der Waals surface area contributed by atoms with E-state index in [2.05, 4.69) is 20.4 Å². The summed E-state index contributed by atoms with van der Waals surface area (Å²) < 4.78 is 14.6. The van der Waals surface area contributed by atoms with E-state index in [9.17, 15) is 4.39 Å². The fourth-order valence-electron chi connectivity index (χ4n) is 2.07. The van der Waals surface area contributed by atoms with E-state index in [1.807, 2.05) is 0 Å². The average molecular weight is 249 g/mol. The largest absolute Gasteiger partial charge is 0.388 e. The summed E-state index contributed by atoms with van der Waals surface area (Å²) in [5, 5.41) is 16.4. The minimum atomic E-state index is -0.359. The number of nitrogens with one attached hydrogen (secondary N) is 1. The SMILES string of the molecule is OCc1nc2n(n1)C(c1ccc(F)cn1)CCN2. The number of hydrogen-bond donors (Lipinski definition) is 2. The lowest BCUT2D eigenvalue weighted by molar-refractivity contribution is 0.270. The zero-order valence-electron chi connectivity index (χ0n) is 9.54. The highest BCUT2D eigenvalue weighted by atomic mass is 19.1. The van der Waals surface area contributed by atoms with Crippen molar-refractivity contribution in [3.63, 3.8) is 0 Å². The number of halogens is 1. The molecule has 0 bridgehead atoms. The van der Waals surface area contributed by atoms with Crippen LogP contribution in [-0.4, -0.2) is 31.4 Å². The van der Waals surface area contributed by atoms with Gasteiger partial charge in [-0.3, -0.25) is 4.98 Å². The molecule has 7 heteroatoms. The first-order chi connectivity index (χ1) is 8.78. The van der Waals surface area contributed by atoms with Crippen molar-refractivity contribution in [2.24, 2.45) is 0 Å². The van der Waals surface area contributed by atoms with E-state index in [0.29, 0.717) is 11.8 Å². The van der Waals surface area contributed by atoms with Gasteiger partial charge in [-0.2, -0.15) is 10.1 Å². The molecule has 6 nitrogen and oxygen atoms in total. The third-order valence-corrected chi connectivity index (χ3v) is 2.90. The van der Waals surface area contributed by atoms with E-state index in [-0.39, 0.29) is 18.5 Å². The summed E-state index contributed by atoms with van der Waals surface area (Å²) >= 11 is 0. The minimum Gasteiger partial charge on any atom is -0.388 e. The fourth-order valence-corrected chi connectivity index (χ4v) is 2.07. The summed E-state index contributed by atoms with van der Waals surface area (Å²) in [6, 6.07) is 2.96. The summed E-state index contributed by atoms with van der Waals surface area (Å²) in [5.41, 5.74) is 0.744. The van der Waals surface area contributed by atoms with Gasteiger partial charge < -0.3 is 10.4 Å². The highest BCUT2D eigenvalue weighted by molar-refractivity contribution is 5.30. The summed E-state index contributed by atoms with van der Waals surface area (Å²) in [5.74, 6) is 0.621. The molecule has 0 saturated heterocycles. The van der Waals surface area contributed by atoms with Gasteiger partial charge >= 0.3 is 0 Å². The molecular formula is C11H12FN5O. The molecule has 0 spiro atoms. The van der Waals surface area contributed by atoms with Gasteiger partial charge in [-0.1, -0.05) is 0 Å². The maximum Gasteiger partial charge on any atom is 0.222 e. The Morgan fingerprint density at radius 3 is 3.11 bits per heavy atom. The molecule has 0 aliphatic carbocycles. The van der Waals surface area contributed by atoms with E-state index < -0.39 is 0 Å². The van der Waals surface area contributed by atoms with Crippen LogP contribution in [0.4, 0.5) is 10.3 Å². The van der Waals surface area contributed by atoms with Crippen molar-refractivity contribution >= 4 is 5.95 Å². The van der Waals surface area contributed by atoms with Crippen LogP contribution in [0.15, 0.2) is 18.3 Å². The molecule has 2 aromatic rings. The van der Waals surface area contributed by atoms with E-state index >= 15 is 0 Å².